The Morgan fingerprint density at radius 2 is 1.63 bits per heavy atom. The zero-order valence-electron chi connectivity index (χ0n) is 19.3. The number of fused-ring (bicyclic) bond motifs is 1. The molecule has 2 nitrogen and oxygen atoms in total. The lowest BCUT2D eigenvalue weighted by molar-refractivity contribution is -0.274. The molecule has 0 radical (unpaired) electrons. The number of ether oxygens (including phenoxy) is 1. The first-order valence-corrected chi connectivity index (χ1v) is 11.4. The average molecular weight is 480 g/mol. The Balaban J connectivity index is 1.45. The van der Waals surface area contributed by atoms with Crippen molar-refractivity contribution in [2.45, 2.75) is 39.0 Å². The lowest BCUT2D eigenvalue weighted by Crippen LogP contribution is -2.17. The first kappa shape index (κ1) is 24.5. The molecule has 180 valence electrons. The molecule has 0 unspecified atom stereocenters. The summed E-state index contributed by atoms with van der Waals surface area (Å²) >= 11 is 0. The highest BCUT2D eigenvalue weighted by Gasteiger charge is 2.30. The van der Waals surface area contributed by atoms with Crippen molar-refractivity contribution in [2.24, 2.45) is 0 Å². The molecule has 4 aromatic rings. The van der Waals surface area contributed by atoms with E-state index in [9.17, 15) is 13.2 Å². The van der Waals surface area contributed by atoms with E-state index in [4.69, 9.17) is 0 Å². The lowest BCUT2D eigenvalue weighted by atomic mass is 9.98. The van der Waals surface area contributed by atoms with E-state index in [2.05, 4.69) is 21.9 Å². The van der Waals surface area contributed by atoms with Gasteiger partial charge >= 0.3 is 6.36 Å². The van der Waals surface area contributed by atoms with Gasteiger partial charge in [-0.25, -0.2) is 4.39 Å². The number of hydrogen-bond donors (Lipinski definition) is 0. The monoisotopic (exact) mass is 479 g/mol. The van der Waals surface area contributed by atoms with Crippen LogP contribution in [0.4, 0.5) is 17.6 Å². The van der Waals surface area contributed by atoms with Gasteiger partial charge in [0.2, 0.25) is 0 Å². The van der Waals surface area contributed by atoms with Gasteiger partial charge < -0.3 is 4.74 Å². The molecule has 0 saturated carbocycles. The third-order valence-corrected chi connectivity index (χ3v) is 5.83. The third kappa shape index (κ3) is 6.47. The molecule has 1 heterocycles. The minimum atomic E-state index is -4.72. The summed E-state index contributed by atoms with van der Waals surface area (Å²) in [6.07, 6.45) is 4.17. The SMILES string of the molecule is C/C=C/CCc1ccc(-c2ccc3c(F)c(CCc4ccc(OC(F)(F)F)cc4)ccc3c2)nc1. The number of hydrogen-bond acceptors (Lipinski definition) is 2. The van der Waals surface area contributed by atoms with Gasteiger partial charge in [0.25, 0.3) is 0 Å². The Bertz CT molecular complexity index is 1310. The Kier molecular flexibility index (Phi) is 7.49. The van der Waals surface area contributed by atoms with Crippen molar-refractivity contribution < 1.29 is 22.3 Å². The normalized spacial score (nSPS) is 11.9. The molecule has 0 bridgehead atoms. The van der Waals surface area contributed by atoms with Crippen molar-refractivity contribution in [2.75, 3.05) is 0 Å². The molecule has 35 heavy (non-hydrogen) atoms. The van der Waals surface area contributed by atoms with Crippen LogP contribution in [0.25, 0.3) is 22.0 Å². The van der Waals surface area contributed by atoms with Crippen molar-refractivity contribution >= 4 is 10.8 Å². The summed E-state index contributed by atoms with van der Waals surface area (Å²) in [6.45, 7) is 2.01. The van der Waals surface area contributed by atoms with Crippen molar-refractivity contribution in [1.82, 2.24) is 4.98 Å². The van der Waals surface area contributed by atoms with Gasteiger partial charge in [-0.15, -0.1) is 13.2 Å². The Morgan fingerprint density at radius 3 is 2.31 bits per heavy atom. The topological polar surface area (TPSA) is 22.1 Å². The van der Waals surface area contributed by atoms with Crippen LogP contribution in [-0.2, 0) is 19.3 Å². The number of halogens is 4. The number of nitrogens with zero attached hydrogens (tertiary/aromatic N) is 1. The van der Waals surface area contributed by atoms with Gasteiger partial charge in [-0.2, -0.15) is 0 Å². The maximum Gasteiger partial charge on any atom is 0.573 e. The fourth-order valence-corrected chi connectivity index (χ4v) is 3.99. The minimum Gasteiger partial charge on any atom is -0.406 e. The zero-order valence-corrected chi connectivity index (χ0v) is 19.3. The molecule has 0 N–H and O–H groups in total. The summed E-state index contributed by atoms with van der Waals surface area (Å²) in [5.74, 6) is -0.551. The van der Waals surface area contributed by atoms with E-state index in [1.807, 2.05) is 43.5 Å². The quantitative estimate of drug-likeness (QED) is 0.188. The van der Waals surface area contributed by atoms with Crippen molar-refractivity contribution in [3.05, 3.63) is 108 Å². The van der Waals surface area contributed by atoms with Crippen LogP contribution in [0.5, 0.6) is 5.75 Å². The van der Waals surface area contributed by atoms with Crippen LogP contribution in [0.2, 0.25) is 0 Å². The van der Waals surface area contributed by atoms with E-state index in [-0.39, 0.29) is 11.6 Å². The second-order valence-corrected chi connectivity index (χ2v) is 8.33. The van der Waals surface area contributed by atoms with E-state index < -0.39 is 6.36 Å². The highest BCUT2D eigenvalue weighted by atomic mass is 19.4. The maximum absolute atomic E-state index is 15.2. The number of aromatic nitrogens is 1. The average Bonchev–Trinajstić information content (AvgIpc) is 2.84. The lowest BCUT2D eigenvalue weighted by Gasteiger charge is -2.10. The molecule has 4 rings (SSSR count). The number of aryl methyl sites for hydroxylation is 3. The van der Waals surface area contributed by atoms with Gasteiger partial charge in [-0.1, -0.05) is 54.6 Å². The summed E-state index contributed by atoms with van der Waals surface area (Å²) in [4.78, 5) is 4.57. The zero-order chi connectivity index (χ0) is 24.8. The third-order valence-electron chi connectivity index (χ3n) is 5.83. The number of pyridine rings is 1. The molecular weight excluding hydrogens is 454 g/mol. The highest BCUT2D eigenvalue weighted by Crippen LogP contribution is 2.28. The van der Waals surface area contributed by atoms with Crippen LogP contribution in [0.15, 0.2) is 85.1 Å². The summed E-state index contributed by atoms with van der Waals surface area (Å²) in [5, 5.41) is 1.32. The number of alkyl halides is 3. The molecule has 0 aliphatic heterocycles. The van der Waals surface area contributed by atoms with Crippen LogP contribution >= 0.6 is 0 Å². The van der Waals surface area contributed by atoms with Gasteiger partial charge in [0.15, 0.2) is 0 Å². The summed E-state index contributed by atoms with van der Waals surface area (Å²) in [6, 6.07) is 18.9. The first-order valence-electron chi connectivity index (χ1n) is 11.4. The predicted octanol–water partition coefficient (Wildman–Crippen LogP) is 8.23. The van der Waals surface area contributed by atoms with E-state index in [0.717, 1.165) is 35.0 Å². The van der Waals surface area contributed by atoms with Gasteiger partial charge in [0, 0.05) is 17.1 Å². The summed E-state index contributed by atoms with van der Waals surface area (Å²) < 4.78 is 56.0. The van der Waals surface area contributed by atoms with Gasteiger partial charge in [0.05, 0.1) is 5.69 Å². The molecule has 6 heteroatoms. The second kappa shape index (κ2) is 10.7. The van der Waals surface area contributed by atoms with Crippen LogP contribution in [0, 0.1) is 5.82 Å². The molecule has 0 aliphatic carbocycles. The van der Waals surface area contributed by atoms with Gasteiger partial charge in [0.1, 0.15) is 11.6 Å². The van der Waals surface area contributed by atoms with Crippen LogP contribution < -0.4 is 4.74 Å². The first-order chi connectivity index (χ1) is 16.8. The molecule has 0 spiro atoms. The van der Waals surface area contributed by atoms with Crippen LogP contribution in [-0.4, -0.2) is 11.3 Å². The largest absolute Gasteiger partial charge is 0.573 e. The highest BCUT2D eigenvalue weighted by molar-refractivity contribution is 5.88. The Hall–Kier alpha value is -3.67. The van der Waals surface area contributed by atoms with E-state index in [0.29, 0.717) is 23.8 Å². The van der Waals surface area contributed by atoms with E-state index >= 15 is 4.39 Å². The maximum atomic E-state index is 15.2. The van der Waals surface area contributed by atoms with Crippen molar-refractivity contribution in [3.63, 3.8) is 0 Å². The Labute approximate surface area is 201 Å². The number of benzene rings is 3. The summed E-state index contributed by atoms with van der Waals surface area (Å²) in [5.41, 5.74) is 4.29. The molecule has 0 atom stereocenters. The second-order valence-electron chi connectivity index (χ2n) is 8.33. The predicted molar refractivity (Wildman–Crippen MR) is 131 cm³/mol. The number of allylic oxidation sites excluding steroid dienone is 2. The molecule has 0 fully saturated rings. The Morgan fingerprint density at radius 1 is 0.857 bits per heavy atom. The van der Waals surface area contributed by atoms with E-state index in [1.54, 1.807) is 24.3 Å². The standard InChI is InChI=1S/C29H25F4NO/c1-2-3-4-5-21-9-17-27(34-19-21)24-13-16-26-23(18-24)12-11-22(28(26)30)10-6-20-7-14-25(15-8-20)35-29(31,32)33/h2-3,7-9,11-19H,4-6,10H2,1H3/b3-2+. The van der Waals surface area contributed by atoms with Crippen LogP contribution in [0.1, 0.15) is 30.0 Å². The molecule has 1 aromatic heterocycles. The van der Waals surface area contributed by atoms with Gasteiger partial charge in [-0.3, -0.25) is 4.98 Å². The van der Waals surface area contributed by atoms with Crippen LogP contribution in [0.3, 0.4) is 0 Å². The minimum absolute atomic E-state index is 0.272. The molecule has 0 amide bonds. The molecule has 0 saturated heterocycles. The fraction of sp³-hybridized carbons (Fsp3) is 0.207. The molecule has 3 aromatic carbocycles. The number of rotatable bonds is 8. The van der Waals surface area contributed by atoms with E-state index in [1.165, 1.54) is 17.7 Å². The molecule has 0 aliphatic rings. The fourth-order valence-electron chi connectivity index (χ4n) is 3.99. The summed E-state index contributed by atoms with van der Waals surface area (Å²) in [7, 11) is 0. The molecular formula is C29H25F4NO. The smallest absolute Gasteiger partial charge is 0.406 e. The van der Waals surface area contributed by atoms with Gasteiger partial charge in [-0.05, 0) is 78.9 Å². The van der Waals surface area contributed by atoms with Crippen molar-refractivity contribution in [3.8, 4) is 17.0 Å². The van der Waals surface area contributed by atoms with Crippen molar-refractivity contribution in [1.29, 1.82) is 0 Å².